The number of hydrogen-bond donors (Lipinski definition) is 1. The maximum Gasteiger partial charge on any atom is 0.194 e. The van der Waals surface area contributed by atoms with Crippen LogP contribution in [0.3, 0.4) is 0 Å². The van der Waals surface area contributed by atoms with E-state index in [2.05, 4.69) is 5.32 Å². The Kier molecular flexibility index (Phi) is 5.44. The normalized spacial score (nSPS) is 14.2. The summed E-state index contributed by atoms with van der Waals surface area (Å²) in [4.78, 5) is 0. The summed E-state index contributed by atoms with van der Waals surface area (Å²) in [5.74, 6) is -3.98. The monoisotopic (exact) mass is 323 g/mol. The average Bonchev–Trinajstić information content (AvgIpc) is 2.31. The average molecular weight is 323 g/mol. The zero-order valence-corrected chi connectivity index (χ0v) is 13.3. The maximum atomic E-state index is 13.2. The second-order valence-corrected chi connectivity index (χ2v) is 8.19. The Balaban J connectivity index is 2.82. The molecule has 0 aliphatic rings. The Morgan fingerprint density at radius 1 is 1.19 bits per heavy atom. The summed E-state index contributed by atoms with van der Waals surface area (Å²) in [5.41, 5.74) is -0.289. The third-order valence-electron chi connectivity index (χ3n) is 3.21. The molecule has 0 heterocycles. The highest BCUT2D eigenvalue weighted by molar-refractivity contribution is 7.90. The standard InChI is InChI=1S/C14H20F3NO2S/c1-9(10-7-11(15)13(17)12(16)8-10)18-14(2,3)5-6-21(4,19)20/h7-9,18H,5-6H2,1-4H3. The number of benzene rings is 1. The number of rotatable bonds is 6. The molecule has 0 bridgehead atoms. The van der Waals surface area contributed by atoms with Crippen LogP contribution in [-0.4, -0.2) is 26.0 Å². The van der Waals surface area contributed by atoms with Crippen molar-refractivity contribution in [1.29, 1.82) is 0 Å². The molecule has 21 heavy (non-hydrogen) atoms. The number of hydrogen-bond acceptors (Lipinski definition) is 3. The molecule has 1 N–H and O–H groups in total. The molecule has 1 aromatic carbocycles. The van der Waals surface area contributed by atoms with Crippen molar-refractivity contribution in [3.8, 4) is 0 Å². The summed E-state index contributed by atoms with van der Waals surface area (Å²) >= 11 is 0. The van der Waals surface area contributed by atoms with E-state index >= 15 is 0 Å². The Bertz CT molecular complexity index is 592. The second-order valence-electron chi connectivity index (χ2n) is 5.93. The van der Waals surface area contributed by atoms with E-state index < -0.39 is 38.9 Å². The molecular formula is C14H20F3NO2S. The third kappa shape index (κ3) is 5.67. The van der Waals surface area contributed by atoms with Crippen molar-refractivity contribution in [2.24, 2.45) is 0 Å². The molecule has 0 spiro atoms. The molecule has 1 atom stereocenters. The second kappa shape index (κ2) is 6.36. The van der Waals surface area contributed by atoms with Crippen molar-refractivity contribution in [2.75, 3.05) is 12.0 Å². The molecule has 0 aliphatic heterocycles. The lowest BCUT2D eigenvalue weighted by atomic mass is 9.98. The number of halogens is 3. The van der Waals surface area contributed by atoms with Crippen LogP contribution in [0.2, 0.25) is 0 Å². The smallest absolute Gasteiger partial charge is 0.194 e. The highest BCUT2D eigenvalue weighted by atomic mass is 32.2. The van der Waals surface area contributed by atoms with Crippen LogP contribution in [-0.2, 0) is 9.84 Å². The minimum atomic E-state index is -3.09. The van der Waals surface area contributed by atoms with Crippen molar-refractivity contribution in [1.82, 2.24) is 5.32 Å². The van der Waals surface area contributed by atoms with Gasteiger partial charge in [0.05, 0.1) is 5.75 Å². The quantitative estimate of drug-likeness (QED) is 0.819. The summed E-state index contributed by atoms with van der Waals surface area (Å²) in [6, 6.07) is 1.41. The predicted octanol–water partition coefficient (Wildman–Crippen LogP) is 2.97. The molecule has 3 nitrogen and oxygen atoms in total. The van der Waals surface area contributed by atoms with Gasteiger partial charge >= 0.3 is 0 Å². The molecule has 0 aliphatic carbocycles. The van der Waals surface area contributed by atoms with Gasteiger partial charge in [0.25, 0.3) is 0 Å². The van der Waals surface area contributed by atoms with Crippen LogP contribution in [0.5, 0.6) is 0 Å². The van der Waals surface area contributed by atoms with Gasteiger partial charge in [0.1, 0.15) is 9.84 Å². The maximum absolute atomic E-state index is 13.2. The van der Waals surface area contributed by atoms with Gasteiger partial charge < -0.3 is 5.32 Å². The van der Waals surface area contributed by atoms with Crippen molar-refractivity contribution in [3.63, 3.8) is 0 Å². The van der Waals surface area contributed by atoms with Gasteiger partial charge in [-0.1, -0.05) is 0 Å². The van der Waals surface area contributed by atoms with Crippen LogP contribution >= 0.6 is 0 Å². The lowest BCUT2D eigenvalue weighted by Crippen LogP contribution is -2.42. The van der Waals surface area contributed by atoms with E-state index in [4.69, 9.17) is 0 Å². The van der Waals surface area contributed by atoms with Crippen LogP contribution < -0.4 is 5.32 Å². The topological polar surface area (TPSA) is 46.2 Å². The summed E-state index contributed by atoms with van der Waals surface area (Å²) < 4.78 is 61.7. The molecule has 0 aromatic heterocycles. The first kappa shape index (κ1) is 18.0. The Hall–Kier alpha value is -1.08. The lowest BCUT2D eigenvalue weighted by Gasteiger charge is -2.30. The predicted molar refractivity (Wildman–Crippen MR) is 76.3 cm³/mol. The zero-order valence-electron chi connectivity index (χ0n) is 12.5. The van der Waals surface area contributed by atoms with Crippen molar-refractivity contribution in [2.45, 2.75) is 38.8 Å². The first-order valence-electron chi connectivity index (χ1n) is 6.51. The highest BCUT2D eigenvalue weighted by Gasteiger charge is 2.23. The van der Waals surface area contributed by atoms with Crippen LogP contribution in [0.15, 0.2) is 12.1 Å². The number of sulfone groups is 1. The summed E-state index contributed by atoms with van der Waals surface area (Å²) in [6.45, 7) is 5.27. The van der Waals surface area contributed by atoms with E-state index in [1.807, 2.05) is 0 Å². The zero-order chi connectivity index (χ0) is 16.4. The third-order valence-corrected chi connectivity index (χ3v) is 4.16. The van der Waals surface area contributed by atoms with E-state index in [0.29, 0.717) is 6.42 Å². The van der Waals surface area contributed by atoms with E-state index in [0.717, 1.165) is 18.4 Å². The van der Waals surface area contributed by atoms with Crippen LogP contribution in [0, 0.1) is 17.5 Å². The molecule has 1 rings (SSSR count). The fraction of sp³-hybridized carbons (Fsp3) is 0.571. The fourth-order valence-corrected chi connectivity index (χ4v) is 2.89. The molecule has 120 valence electrons. The minimum absolute atomic E-state index is 0.00581. The Morgan fingerprint density at radius 3 is 2.10 bits per heavy atom. The lowest BCUT2D eigenvalue weighted by molar-refractivity contribution is 0.336. The van der Waals surface area contributed by atoms with Gasteiger partial charge in [-0.25, -0.2) is 21.6 Å². The molecule has 0 radical (unpaired) electrons. The molecule has 0 saturated heterocycles. The molecule has 0 saturated carbocycles. The van der Waals surface area contributed by atoms with Crippen LogP contribution in [0.1, 0.15) is 38.8 Å². The Morgan fingerprint density at radius 2 is 1.67 bits per heavy atom. The van der Waals surface area contributed by atoms with Gasteiger partial charge in [0, 0.05) is 17.8 Å². The first-order valence-corrected chi connectivity index (χ1v) is 8.57. The summed E-state index contributed by atoms with van der Waals surface area (Å²) in [7, 11) is -3.09. The molecule has 0 fully saturated rings. The van der Waals surface area contributed by atoms with E-state index in [9.17, 15) is 21.6 Å². The van der Waals surface area contributed by atoms with Crippen LogP contribution in [0.4, 0.5) is 13.2 Å². The molecule has 1 unspecified atom stereocenters. The number of nitrogens with one attached hydrogen (secondary N) is 1. The fourth-order valence-electron chi connectivity index (χ4n) is 2.01. The molecule has 7 heteroatoms. The van der Waals surface area contributed by atoms with Gasteiger partial charge in [0.2, 0.25) is 0 Å². The van der Waals surface area contributed by atoms with Crippen LogP contribution in [0.25, 0.3) is 0 Å². The highest BCUT2D eigenvalue weighted by Crippen LogP contribution is 2.22. The largest absolute Gasteiger partial charge is 0.305 e. The molecule has 1 aromatic rings. The van der Waals surface area contributed by atoms with Crippen molar-refractivity contribution in [3.05, 3.63) is 35.1 Å². The van der Waals surface area contributed by atoms with E-state index in [-0.39, 0.29) is 11.3 Å². The molecular weight excluding hydrogens is 303 g/mol. The van der Waals surface area contributed by atoms with Gasteiger partial charge in [-0.05, 0) is 44.9 Å². The summed E-state index contributed by atoms with van der Waals surface area (Å²) in [6.07, 6.45) is 1.50. The minimum Gasteiger partial charge on any atom is -0.305 e. The first-order chi connectivity index (χ1) is 9.41. The summed E-state index contributed by atoms with van der Waals surface area (Å²) in [5, 5.41) is 3.10. The van der Waals surface area contributed by atoms with E-state index in [1.165, 1.54) is 0 Å². The van der Waals surface area contributed by atoms with E-state index in [1.54, 1.807) is 20.8 Å². The van der Waals surface area contributed by atoms with Gasteiger partial charge in [-0.3, -0.25) is 0 Å². The van der Waals surface area contributed by atoms with Gasteiger partial charge in [-0.15, -0.1) is 0 Å². The molecule has 0 amide bonds. The SMILES string of the molecule is CC(NC(C)(C)CCS(C)(=O)=O)c1cc(F)c(F)c(F)c1. The van der Waals surface area contributed by atoms with Crippen molar-refractivity contribution >= 4 is 9.84 Å². The van der Waals surface area contributed by atoms with Gasteiger partial charge in [0.15, 0.2) is 17.5 Å². The van der Waals surface area contributed by atoms with Gasteiger partial charge in [-0.2, -0.15) is 0 Å². The van der Waals surface area contributed by atoms with Crippen molar-refractivity contribution < 1.29 is 21.6 Å². The Labute approximate surface area is 123 Å².